The lowest BCUT2D eigenvalue weighted by Gasteiger charge is -2.27. The Labute approximate surface area is 345 Å². The Balaban J connectivity index is 1.08. The minimum absolute atomic E-state index is 1.13. The van der Waals surface area contributed by atoms with Crippen LogP contribution in [0.25, 0.3) is 62.6 Å². The second kappa shape index (κ2) is 14.5. The maximum Gasteiger partial charge on any atom is 0.0555 e. The molecule has 0 fully saturated rings. The number of nitrogens with zero attached hydrogens (tertiary/aromatic N) is 2. The molecule has 2 nitrogen and oxygen atoms in total. The van der Waals surface area contributed by atoms with Crippen molar-refractivity contribution in [1.29, 1.82) is 0 Å². The topological polar surface area (TPSA) is 6.48 Å². The molecule has 0 N–H and O–H groups in total. The molecule has 0 saturated carbocycles. The summed E-state index contributed by atoms with van der Waals surface area (Å²) in [5.41, 5.74) is 11.7. The van der Waals surface area contributed by atoms with Crippen LogP contribution in [0.3, 0.4) is 0 Å². The van der Waals surface area contributed by atoms with E-state index in [0.717, 1.165) is 28.4 Å². The van der Waals surface area contributed by atoms with Crippen molar-refractivity contribution in [2.24, 2.45) is 0 Å². The molecule has 0 aliphatic rings. The number of fused-ring (bicyclic) bond motifs is 6. The van der Waals surface area contributed by atoms with Crippen LogP contribution in [0.1, 0.15) is 0 Å². The summed E-state index contributed by atoms with van der Waals surface area (Å²) in [6.07, 6.45) is 0. The fourth-order valence-corrected chi connectivity index (χ4v) is 10.9. The van der Waals surface area contributed by atoms with Gasteiger partial charge in [0.1, 0.15) is 0 Å². The van der Waals surface area contributed by atoms with Crippen molar-refractivity contribution in [1.82, 2.24) is 0 Å². The number of thiophene rings is 2. The molecule has 58 heavy (non-hydrogen) atoms. The summed E-state index contributed by atoms with van der Waals surface area (Å²) < 4.78 is 5.18. The fraction of sp³-hybridized carbons (Fsp3) is 0. The first-order chi connectivity index (χ1) is 28.8. The maximum absolute atomic E-state index is 2.39. The molecule has 0 spiro atoms. The Kier molecular flexibility index (Phi) is 8.58. The summed E-state index contributed by atoms with van der Waals surface area (Å²) in [6.45, 7) is 0. The first-order valence-corrected chi connectivity index (χ1v) is 21.2. The molecule has 0 bridgehead atoms. The van der Waals surface area contributed by atoms with E-state index < -0.39 is 0 Å². The number of hydrogen-bond acceptors (Lipinski definition) is 4. The zero-order chi connectivity index (χ0) is 38.4. The molecule has 274 valence electrons. The summed E-state index contributed by atoms with van der Waals surface area (Å²) in [4.78, 5) is 4.77. The summed E-state index contributed by atoms with van der Waals surface area (Å²) in [7, 11) is 0. The first-order valence-electron chi connectivity index (χ1n) is 19.6. The van der Waals surface area contributed by atoms with Gasteiger partial charge < -0.3 is 9.80 Å². The average molecular weight is 777 g/mol. The van der Waals surface area contributed by atoms with Gasteiger partial charge in [-0.25, -0.2) is 0 Å². The average Bonchev–Trinajstić information content (AvgIpc) is 3.87. The smallest absolute Gasteiger partial charge is 0.0555 e. The predicted octanol–water partition coefficient (Wildman–Crippen LogP) is 16.7. The highest BCUT2D eigenvalue weighted by Crippen LogP contribution is 2.49. The van der Waals surface area contributed by atoms with E-state index in [1.165, 1.54) is 68.3 Å². The molecular weight excluding hydrogens is 741 g/mol. The van der Waals surface area contributed by atoms with E-state index >= 15 is 0 Å². The van der Waals surface area contributed by atoms with Crippen LogP contribution in [-0.2, 0) is 0 Å². The van der Waals surface area contributed by atoms with Crippen LogP contribution in [-0.4, -0.2) is 0 Å². The molecule has 0 atom stereocenters. The molecule has 0 saturated heterocycles. The summed E-state index contributed by atoms with van der Waals surface area (Å²) in [5, 5.41) is 5.11. The van der Waals surface area contributed by atoms with Crippen LogP contribution in [0.2, 0.25) is 0 Å². The Morgan fingerprint density at radius 1 is 0.293 bits per heavy atom. The molecule has 4 heteroatoms. The molecular formula is C54H36N2S2. The minimum Gasteiger partial charge on any atom is -0.310 e. The maximum atomic E-state index is 2.39. The van der Waals surface area contributed by atoms with Gasteiger partial charge in [0, 0.05) is 74.3 Å². The third-order valence-electron chi connectivity index (χ3n) is 11.0. The zero-order valence-corrected chi connectivity index (χ0v) is 33.1. The van der Waals surface area contributed by atoms with Crippen molar-refractivity contribution in [2.45, 2.75) is 0 Å². The zero-order valence-electron chi connectivity index (χ0n) is 31.5. The van der Waals surface area contributed by atoms with Gasteiger partial charge in [0.15, 0.2) is 0 Å². The van der Waals surface area contributed by atoms with Crippen LogP contribution >= 0.6 is 22.7 Å². The van der Waals surface area contributed by atoms with Crippen LogP contribution in [0.15, 0.2) is 218 Å². The standard InChI is InChI=1S/C54H36N2S2/c1-5-17-39(18-6-1)55(40-19-7-2-8-20-40)43-35-47(53-48(36-43)45-25-13-15-27-50(45)57-53)38-31-29-37(30-32-38)44-33-34-49(52-46-26-14-16-28-51(46)58-54(44)52)56(41-21-9-3-10-22-41)42-23-11-4-12-24-42/h1-36H. The molecule has 9 aromatic carbocycles. The van der Waals surface area contributed by atoms with Crippen molar-refractivity contribution >= 4 is 97.1 Å². The van der Waals surface area contributed by atoms with E-state index in [0.29, 0.717) is 0 Å². The second-order valence-electron chi connectivity index (χ2n) is 14.5. The fourth-order valence-electron chi connectivity index (χ4n) is 8.39. The highest BCUT2D eigenvalue weighted by molar-refractivity contribution is 7.26. The molecule has 11 aromatic rings. The first kappa shape index (κ1) is 34.3. The highest BCUT2D eigenvalue weighted by atomic mass is 32.1. The van der Waals surface area contributed by atoms with Crippen molar-refractivity contribution < 1.29 is 0 Å². The largest absolute Gasteiger partial charge is 0.310 e. The van der Waals surface area contributed by atoms with Crippen LogP contribution in [0.4, 0.5) is 34.1 Å². The van der Waals surface area contributed by atoms with Crippen molar-refractivity contribution in [3.05, 3.63) is 218 Å². The minimum atomic E-state index is 1.13. The third-order valence-corrected chi connectivity index (χ3v) is 13.5. The number of para-hydroxylation sites is 4. The Hall–Kier alpha value is -6.98. The lowest BCUT2D eigenvalue weighted by molar-refractivity contribution is 1.29. The van der Waals surface area contributed by atoms with Crippen LogP contribution < -0.4 is 9.80 Å². The van der Waals surface area contributed by atoms with Gasteiger partial charge in [-0.15, -0.1) is 22.7 Å². The summed E-state index contributed by atoms with van der Waals surface area (Å²) in [6, 6.07) is 79.1. The summed E-state index contributed by atoms with van der Waals surface area (Å²) >= 11 is 3.76. The van der Waals surface area contributed by atoms with E-state index in [1.54, 1.807) is 0 Å². The number of benzene rings is 9. The molecule has 0 aliphatic carbocycles. The van der Waals surface area contributed by atoms with Crippen LogP contribution in [0, 0.1) is 0 Å². The molecule has 0 amide bonds. The Morgan fingerprint density at radius 2 is 0.741 bits per heavy atom. The molecule has 0 radical (unpaired) electrons. The van der Waals surface area contributed by atoms with E-state index in [4.69, 9.17) is 0 Å². The van der Waals surface area contributed by atoms with Crippen molar-refractivity contribution in [2.75, 3.05) is 9.80 Å². The van der Waals surface area contributed by atoms with E-state index in [1.807, 2.05) is 22.7 Å². The molecule has 2 aromatic heterocycles. The highest BCUT2D eigenvalue weighted by Gasteiger charge is 2.22. The van der Waals surface area contributed by atoms with Gasteiger partial charge in [-0.05, 0) is 95.6 Å². The monoisotopic (exact) mass is 776 g/mol. The van der Waals surface area contributed by atoms with Crippen molar-refractivity contribution in [3.8, 4) is 22.3 Å². The van der Waals surface area contributed by atoms with Gasteiger partial charge in [0.25, 0.3) is 0 Å². The number of hydrogen-bond donors (Lipinski definition) is 0. The van der Waals surface area contributed by atoms with Gasteiger partial charge in [-0.2, -0.15) is 0 Å². The number of rotatable bonds is 8. The second-order valence-corrected chi connectivity index (χ2v) is 16.6. The molecule has 0 unspecified atom stereocenters. The van der Waals surface area contributed by atoms with E-state index in [9.17, 15) is 0 Å². The quantitative estimate of drug-likeness (QED) is 0.152. The van der Waals surface area contributed by atoms with Gasteiger partial charge in [0.2, 0.25) is 0 Å². The van der Waals surface area contributed by atoms with Gasteiger partial charge >= 0.3 is 0 Å². The third kappa shape index (κ3) is 5.93. The normalized spacial score (nSPS) is 11.4. The van der Waals surface area contributed by atoms with Crippen LogP contribution in [0.5, 0.6) is 0 Å². The van der Waals surface area contributed by atoms with Gasteiger partial charge in [0.05, 0.1) is 5.69 Å². The predicted molar refractivity (Wildman–Crippen MR) is 252 cm³/mol. The lowest BCUT2D eigenvalue weighted by atomic mass is 9.96. The SMILES string of the molecule is c1ccc(N(c2ccccc2)c2cc(-c3ccc(-c4ccc(N(c5ccccc5)c5ccccc5)c5c4sc4ccccc45)cc3)c3sc4ccccc4c3c2)cc1. The molecule has 2 heterocycles. The molecule has 0 aliphatic heterocycles. The molecule has 11 rings (SSSR count). The Morgan fingerprint density at radius 3 is 1.31 bits per heavy atom. The van der Waals surface area contributed by atoms with E-state index in [-0.39, 0.29) is 0 Å². The van der Waals surface area contributed by atoms with Crippen molar-refractivity contribution in [3.63, 3.8) is 0 Å². The van der Waals surface area contributed by atoms with Gasteiger partial charge in [-0.1, -0.05) is 140 Å². The van der Waals surface area contributed by atoms with E-state index in [2.05, 4.69) is 228 Å². The van der Waals surface area contributed by atoms with Gasteiger partial charge in [-0.3, -0.25) is 0 Å². The Bertz CT molecular complexity index is 3130. The number of anilines is 6. The summed E-state index contributed by atoms with van der Waals surface area (Å²) in [5.74, 6) is 0. The lowest BCUT2D eigenvalue weighted by Crippen LogP contribution is -2.10.